The van der Waals surface area contributed by atoms with Gasteiger partial charge in [-0.05, 0) is 80.7 Å². The van der Waals surface area contributed by atoms with E-state index in [0.29, 0.717) is 18.4 Å². The van der Waals surface area contributed by atoms with Crippen LogP contribution in [0, 0.1) is 11.3 Å². The molecule has 5 rings (SSSR count). The van der Waals surface area contributed by atoms with E-state index in [1.807, 2.05) is 12.3 Å². The number of ether oxygens (including phenoxy) is 1. The zero-order valence-corrected chi connectivity index (χ0v) is 19.1. The van der Waals surface area contributed by atoms with Gasteiger partial charge in [-0.15, -0.1) is 0 Å². The summed E-state index contributed by atoms with van der Waals surface area (Å²) in [7, 11) is 0. The van der Waals surface area contributed by atoms with Gasteiger partial charge in [0.15, 0.2) is 0 Å². The van der Waals surface area contributed by atoms with Gasteiger partial charge < -0.3 is 10.1 Å². The predicted molar refractivity (Wildman–Crippen MR) is 126 cm³/mol. The van der Waals surface area contributed by atoms with Crippen molar-refractivity contribution in [3.63, 3.8) is 0 Å². The molecule has 1 N–H and O–H groups in total. The quantitative estimate of drug-likeness (QED) is 0.616. The molecule has 0 radical (unpaired) electrons. The number of nitrogens with zero attached hydrogens (tertiary/aromatic N) is 2. The predicted octanol–water partition coefficient (Wildman–Crippen LogP) is 5.95. The van der Waals surface area contributed by atoms with E-state index in [1.165, 1.54) is 42.5 Å². The average Bonchev–Trinajstić information content (AvgIpc) is 3.28. The minimum atomic E-state index is 0.0672. The largest absolute Gasteiger partial charge is 0.375 e. The Labute approximate surface area is 192 Å². The van der Waals surface area contributed by atoms with Crippen molar-refractivity contribution in [3.05, 3.63) is 65.5 Å². The topological polar surface area (TPSA) is 57.9 Å². The van der Waals surface area contributed by atoms with E-state index in [9.17, 15) is 5.26 Å². The van der Waals surface area contributed by atoms with Crippen molar-refractivity contribution in [3.8, 4) is 6.07 Å². The minimum Gasteiger partial charge on any atom is -0.375 e. The van der Waals surface area contributed by atoms with Crippen LogP contribution in [0.15, 0.2) is 48.7 Å². The van der Waals surface area contributed by atoms with Crippen LogP contribution in [0.3, 0.4) is 0 Å². The monoisotopic (exact) mass is 429 g/mol. The van der Waals surface area contributed by atoms with Gasteiger partial charge in [0.2, 0.25) is 0 Å². The molecule has 2 heterocycles. The highest BCUT2D eigenvalue weighted by Crippen LogP contribution is 2.49. The third-order valence-electron chi connectivity index (χ3n) is 8.32. The smallest absolute Gasteiger partial charge is 0.0691 e. The first kappa shape index (κ1) is 21.6. The lowest BCUT2D eigenvalue weighted by molar-refractivity contribution is -0.104. The summed E-state index contributed by atoms with van der Waals surface area (Å²) in [6.07, 6.45) is 13.0. The maximum absolute atomic E-state index is 9.24. The minimum absolute atomic E-state index is 0.0672. The summed E-state index contributed by atoms with van der Waals surface area (Å²) in [5.41, 5.74) is 4.17. The second-order valence-electron chi connectivity index (χ2n) is 10.2. The van der Waals surface area contributed by atoms with Crippen molar-refractivity contribution in [1.82, 2.24) is 10.3 Å². The number of nitrogens with one attached hydrogen (secondary N) is 1. The molecule has 0 amide bonds. The van der Waals surface area contributed by atoms with Gasteiger partial charge in [0.1, 0.15) is 0 Å². The number of benzene rings is 1. The SMILES string of the molecule is N#CCC1CCC(NCC[C@@]2(c3ccccn3)CCOC3(CCCC3)C2)c2ccccc21. The van der Waals surface area contributed by atoms with Gasteiger partial charge in [-0.2, -0.15) is 5.26 Å². The van der Waals surface area contributed by atoms with Crippen LogP contribution in [-0.2, 0) is 10.2 Å². The van der Waals surface area contributed by atoms with Gasteiger partial charge >= 0.3 is 0 Å². The molecular weight excluding hydrogens is 394 g/mol. The number of nitriles is 1. The zero-order valence-electron chi connectivity index (χ0n) is 19.1. The lowest BCUT2D eigenvalue weighted by Gasteiger charge is -2.46. The molecule has 3 aliphatic rings. The van der Waals surface area contributed by atoms with Crippen LogP contribution in [0.4, 0.5) is 0 Å². The molecule has 168 valence electrons. The zero-order chi connectivity index (χ0) is 21.9. The number of fused-ring (bicyclic) bond motifs is 1. The highest BCUT2D eigenvalue weighted by Gasteiger charge is 2.48. The fraction of sp³-hybridized carbons (Fsp3) is 0.571. The summed E-state index contributed by atoms with van der Waals surface area (Å²) in [5, 5.41) is 13.1. The van der Waals surface area contributed by atoms with E-state index in [0.717, 1.165) is 45.3 Å². The first-order chi connectivity index (χ1) is 15.7. The molecule has 32 heavy (non-hydrogen) atoms. The molecule has 1 spiro atoms. The molecule has 2 aliphatic carbocycles. The lowest BCUT2D eigenvalue weighted by atomic mass is 9.68. The molecule has 1 saturated heterocycles. The van der Waals surface area contributed by atoms with Gasteiger partial charge in [0.05, 0.1) is 11.7 Å². The number of rotatable bonds is 6. The second-order valence-corrected chi connectivity index (χ2v) is 10.2. The highest BCUT2D eigenvalue weighted by atomic mass is 16.5. The maximum atomic E-state index is 9.24. The van der Waals surface area contributed by atoms with Crippen LogP contribution in [0.5, 0.6) is 0 Å². The Hall–Kier alpha value is -2.22. The fourth-order valence-electron chi connectivity index (χ4n) is 6.69. The van der Waals surface area contributed by atoms with Crippen LogP contribution < -0.4 is 5.32 Å². The summed E-state index contributed by atoms with van der Waals surface area (Å²) in [4.78, 5) is 4.85. The third kappa shape index (κ3) is 4.21. The Morgan fingerprint density at radius 1 is 1.03 bits per heavy atom. The first-order valence-electron chi connectivity index (χ1n) is 12.5. The second kappa shape index (κ2) is 9.33. The molecule has 1 aromatic heterocycles. The molecule has 1 aliphatic heterocycles. The number of hydrogen-bond acceptors (Lipinski definition) is 4. The fourth-order valence-corrected chi connectivity index (χ4v) is 6.69. The van der Waals surface area contributed by atoms with E-state index in [1.54, 1.807) is 0 Å². The van der Waals surface area contributed by atoms with Crippen molar-refractivity contribution < 1.29 is 4.74 Å². The maximum Gasteiger partial charge on any atom is 0.0691 e. The molecule has 1 aromatic carbocycles. The van der Waals surface area contributed by atoms with Crippen LogP contribution in [0.2, 0.25) is 0 Å². The number of aromatic nitrogens is 1. The molecule has 2 fully saturated rings. The summed E-state index contributed by atoms with van der Waals surface area (Å²) < 4.78 is 6.41. The van der Waals surface area contributed by atoms with Gasteiger partial charge in [0.25, 0.3) is 0 Å². The van der Waals surface area contributed by atoms with E-state index >= 15 is 0 Å². The average molecular weight is 430 g/mol. The molecule has 3 atom stereocenters. The van der Waals surface area contributed by atoms with Crippen molar-refractivity contribution in [2.24, 2.45) is 0 Å². The molecule has 2 aromatic rings. The van der Waals surface area contributed by atoms with Crippen molar-refractivity contribution in [1.29, 1.82) is 5.26 Å². The number of pyridine rings is 1. The summed E-state index contributed by atoms with van der Waals surface area (Å²) in [6, 6.07) is 17.9. The summed E-state index contributed by atoms with van der Waals surface area (Å²) in [6.45, 7) is 1.83. The highest BCUT2D eigenvalue weighted by molar-refractivity contribution is 5.36. The third-order valence-corrected chi connectivity index (χ3v) is 8.32. The van der Waals surface area contributed by atoms with E-state index in [2.05, 4.69) is 47.8 Å². The lowest BCUT2D eigenvalue weighted by Crippen LogP contribution is -2.47. The van der Waals surface area contributed by atoms with Crippen LogP contribution in [0.25, 0.3) is 0 Å². The van der Waals surface area contributed by atoms with Crippen LogP contribution >= 0.6 is 0 Å². The molecule has 4 nitrogen and oxygen atoms in total. The standard InChI is InChI=1S/C28H35N3O/c29-17-12-22-10-11-25(24-8-2-1-7-23(22)24)30-19-15-27(26-9-3-6-18-31-26)16-20-32-28(21-27)13-4-5-14-28/h1-3,6-9,18,22,25,30H,4-5,10-16,19-21H2/t22?,25?,27-/m1/s1. The normalized spacial score (nSPS) is 28.8. The van der Waals surface area contributed by atoms with E-state index < -0.39 is 0 Å². The molecule has 2 unspecified atom stereocenters. The Bertz CT molecular complexity index is 947. The first-order valence-corrected chi connectivity index (χ1v) is 12.5. The Morgan fingerprint density at radius 2 is 1.84 bits per heavy atom. The van der Waals surface area contributed by atoms with E-state index in [-0.39, 0.29) is 11.0 Å². The van der Waals surface area contributed by atoms with Crippen molar-refractivity contribution >= 4 is 0 Å². The van der Waals surface area contributed by atoms with Crippen LogP contribution in [0.1, 0.15) is 93.0 Å². The van der Waals surface area contributed by atoms with E-state index in [4.69, 9.17) is 9.72 Å². The Kier molecular flexibility index (Phi) is 6.31. The Balaban J connectivity index is 1.33. The van der Waals surface area contributed by atoms with Gasteiger partial charge in [-0.25, -0.2) is 0 Å². The Morgan fingerprint density at radius 3 is 2.62 bits per heavy atom. The van der Waals surface area contributed by atoms with Crippen molar-refractivity contribution in [2.45, 2.75) is 87.2 Å². The summed E-state index contributed by atoms with van der Waals surface area (Å²) in [5.74, 6) is 0.381. The number of hydrogen-bond donors (Lipinski definition) is 1. The summed E-state index contributed by atoms with van der Waals surface area (Å²) >= 11 is 0. The van der Waals surface area contributed by atoms with Crippen LogP contribution in [-0.4, -0.2) is 23.7 Å². The molecule has 4 heteroatoms. The van der Waals surface area contributed by atoms with Gasteiger partial charge in [-0.1, -0.05) is 43.2 Å². The molecule has 0 bridgehead atoms. The van der Waals surface area contributed by atoms with Crippen molar-refractivity contribution in [2.75, 3.05) is 13.2 Å². The van der Waals surface area contributed by atoms with Gasteiger partial charge in [-0.3, -0.25) is 4.98 Å². The van der Waals surface area contributed by atoms with Gasteiger partial charge in [0, 0.05) is 36.4 Å². The molecule has 1 saturated carbocycles. The molecular formula is C28H35N3O.